The number of halogens is 1. The molecule has 0 aliphatic heterocycles. The number of benzene rings is 1. The Hall–Kier alpha value is -3.35. The fourth-order valence-electron chi connectivity index (χ4n) is 2.53. The van der Waals surface area contributed by atoms with Crippen molar-refractivity contribution in [2.75, 3.05) is 0 Å². The van der Waals surface area contributed by atoms with Crippen molar-refractivity contribution in [3.8, 4) is 11.3 Å². The monoisotopic (exact) mass is 321 g/mol. The van der Waals surface area contributed by atoms with Gasteiger partial charge >= 0.3 is 5.69 Å². The summed E-state index contributed by atoms with van der Waals surface area (Å²) in [5, 5.41) is 0. The number of aromatic amines is 1. The molecule has 0 unspecified atom stereocenters. The lowest BCUT2D eigenvalue weighted by Gasteiger charge is -2.04. The van der Waals surface area contributed by atoms with Crippen LogP contribution in [0.25, 0.3) is 22.6 Å². The Labute approximate surface area is 135 Å². The maximum absolute atomic E-state index is 13.4. The molecule has 0 bridgehead atoms. The van der Waals surface area contributed by atoms with Gasteiger partial charge in [0.2, 0.25) is 0 Å². The van der Waals surface area contributed by atoms with E-state index in [1.807, 2.05) is 6.07 Å². The Morgan fingerprint density at radius 1 is 1.17 bits per heavy atom. The number of nitrogens with one attached hydrogen (secondary N) is 1. The van der Waals surface area contributed by atoms with Gasteiger partial charge in [0.05, 0.1) is 18.4 Å². The Kier molecular flexibility index (Phi) is 3.38. The zero-order valence-electron chi connectivity index (χ0n) is 12.5. The van der Waals surface area contributed by atoms with Crippen molar-refractivity contribution in [1.82, 2.24) is 24.5 Å². The summed E-state index contributed by atoms with van der Waals surface area (Å²) in [5.41, 5.74) is 2.49. The number of H-pyrrole nitrogens is 1. The molecule has 6 nitrogen and oxygen atoms in total. The molecular formula is C17H12FN5O. The minimum Gasteiger partial charge on any atom is -0.289 e. The smallest absolute Gasteiger partial charge is 0.289 e. The summed E-state index contributed by atoms with van der Waals surface area (Å²) in [4.78, 5) is 27.6. The largest absolute Gasteiger partial charge is 0.329 e. The molecule has 0 fully saturated rings. The SMILES string of the molecule is O=c1[nH]c2ncc(-c3cccc(F)c3)nc2n1Cc1cccnc1. The van der Waals surface area contributed by atoms with Crippen molar-refractivity contribution in [2.24, 2.45) is 0 Å². The van der Waals surface area contributed by atoms with Crippen molar-refractivity contribution in [1.29, 1.82) is 0 Å². The number of rotatable bonds is 3. The molecule has 0 saturated carbocycles. The summed E-state index contributed by atoms with van der Waals surface area (Å²) < 4.78 is 14.9. The standard InChI is InChI=1S/C17H12FN5O/c18-13-5-1-4-12(7-13)14-9-20-15-16(21-14)23(17(24)22-15)10-11-3-2-6-19-8-11/h1-9H,10H2,(H,20,22,24). The fraction of sp³-hybridized carbons (Fsp3) is 0.0588. The molecule has 3 aromatic heterocycles. The van der Waals surface area contributed by atoms with Crippen LogP contribution in [0.1, 0.15) is 5.56 Å². The van der Waals surface area contributed by atoms with Gasteiger partial charge in [0, 0.05) is 18.0 Å². The maximum Gasteiger partial charge on any atom is 0.329 e. The van der Waals surface area contributed by atoms with Crippen LogP contribution >= 0.6 is 0 Å². The topological polar surface area (TPSA) is 76.5 Å². The molecule has 1 N–H and O–H groups in total. The summed E-state index contributed by atoms with van der Waals surface area (Å²) in [5.74, 6) is -0.351. The third-order valence-corrected chi connectivity index (χ3v) is 3.66. The zero-order valence-corrected chi connectivity index (χ0v) is 12.5. The number of hydrogen-bond acceptors (Lipinski definition) is 4. The summed E-state index contributed by atoms with van der Waals surface area (Å²) in [7, 11) is 0. The van der Waals surface area contributed by atoms with Crippen LogP contribution in [0.4, 0.5) is 4.39 Å². The molecule has 1 aromatic carbocycles. The van der Waals surface area contributed by atoms with E-state index in [-0.39, 0.29) is 11.5 Å². The number of hydrogen-bond donors (Lipinski definition) is 1. The molecule has 0 saturated heterocycles. The molecule has 0 aliphatic rings. The van der Waals surface area contributed by atoms with Crippen LogP contribution in [-0.4, -0.2) is 24.5 Å². The summed E-state index contributed by atoms with van der Waals surface area (Å²) in [6.07, 6.45) is 4.87. The van der Waals surface area contributed by atoms with E-state index in [4.69, 9.17) is 0 Å². The molecule has 118 valence electrons. The first-order valence-electron chi connectivity index (χ1n) is 7.31. The van der Waals surface area contributed by atoms with Gasteiger partial charge in [-0.05, 0) is 23.8 Å². The van der Waals surface area contributed by atoms with E-state index < -0.39 is 0 Å². The van der Waals surface area contributed by atoms with Gasteiger partial charge < -0.3 is 0 Å². The van der Waals surface area contributed by atoms with E-state index >= 15 is 0 Å². The van der Waals surface area contributed by atoms with Crippen molar-refractivity contribution in [2.45, 2.75) is 6.54 Å². The molecule has 3 heterocycles. The first-order chi connectivity index (χ1) is 11.7. The van der Waals surface area contributed by atoms with E-state index in [1.54, 1.807) is 30.6 Å². The highest BCUT2D eigenvalue weighted by Gasteiger charge is 2.12. The normalized spacial score (nSPS) is 11.0. The van der Waals surface area contributed by atoms with Crippen LogP contribution in [0.15, 0.2) is 59.8 Å². The van der Waals surface area contributed by atoms with Gasteiger partial charge in [0.25, 0.3) is 0 Å². The van der Waals surface area contributed by atoms with Crippen LogP contribution in [0, 0.1) is 5.82 Å². The average molecular weight is 321 g/mol. The van der Waals surface area contributed by atoms with Gasteiger partial charge in [-0.1, -0.05) is 18.2 Å². The maximum atomic E-state index is 13.4. The predicted octanol–water partition coefficient (Wildman–Crippen LogP) is 2.37. The van der Waals surface area contributed by atoms with E-state index in [9.17, 15) is 9.18 Å². The van der Waals surface area contributed by atoms with E-state index in [0.717, 1.165) is 5.56 Å². The molecule has 4 aromatic rings. The number of fused-ring (bicyclic) bond motifs is 1. The van der Waals surface area contributed by atoms with Gasteiger partial charge in [-0.2, -0.15) is 0 Å². The number of imidazole rings is 1. The lowest BCUT2D eigenvalue weighted by atomic mass is 10.1. The van der Waals surface area contributed by atoms with E-state index in [0.29, 0.717) is 29.1 Å². The lowest BCUT2D eigenvalue weighted by Crippen LogP contribution is -2.17. The first-order valence-corrected chi connectivity index (χ1v) is 7.31. The summed E-state index contributed by atoms with van der Waals surface area (Å²) in [6, 6.07) is 9.78. The van der Waals surface area contributed by atoms with Crippen LogP contribution in [0.3, 0.4) is 0 Å². The van der Waals surface area contributed by atoms with Gasteiger partial charge in [0.15, 0.2) is 11.3 Å². The quantitative estimate of drug-likeness (QED) is 0.628. The summed E-state index contributed by atoms with van der Waals surface area (Å²) in [6.45, 7) is 0.327. The number of pyridine rings is 1. The molecule has 0 aliphatic carbocycles. The predicted molar refractivity (Wildman–Crippen MR) is 86.9 cm³/mol. The number of nitrogens with zero attached hydrogens (tertiary/aromatic N) is 4. The Balaban J connectivity index is 1.84. The molecule has 24 heavy (non-hydrogen) atoms. The third kappa shape index (κ3) is 2.56. The second kappa shape index (κ2) is 5.69. The van der Waals surface area contributed by atoms with Crippen LogP contribution in [0.2, 0.25) is 0 Å². The average Bonchev–Trinajstić information content (AvgIpc) is 2.91. The highest BCUT2D eigenvalue weighted by Crippen LogP contribution is 2.19. The molecule has 4 rings (SSSR count). The second-order valence-electron chi connectivity index (χ2n) is 5.32. The van der Waals surface area contributed by atoms with Gasteiger partial charge in [0.1, 0.15) is 5.82 Å². The van der Waals surface area contributed by atoms with Gasteiger partial charge in [-0.25, -0.2) is 19.2 Å². The minimum atomic E-state index is -0.351. The third-order valence-electron chi connectivity index (χ3n) is 3.66. The highest BCUT2D eigenvalue weighted by atomic mass is 19.1. The van der Waals surface area contributed by atoms with Crippen molar-refractivity contribution in [3.63, 3.8) is 0 Å². The highest BCUT2D eigenvalue weighted by molar-refractivity contribution is 5.70. The van der Waals surface area contributed by atoms with Crippen LogP contribution in [-0.2, 0) is 6.54 Å². The van der Waals surface area contributed by atoms with Crippen LogP contribution in [0.5, 0.6) is 0 Å². The fourth-order valence-corrected chi connectivity index (χ4v) is 2.53. The van der Waals surface area contributed by atoms with Gasteiger partial charge in [-0.3, -0.25) is 14.5 Å². The van der Waals surface area contributed by atoms with Crippen molar-refractivity contribution in [3.05, 3.63) is 76.9 Å². The molecular weight excluding hydrogens is 309 g/mol. The molecule has 0 spiro atoms. The lowest BCUT2D eigenvalue weighted by molar-refractivity contribution is 0.628. The van der Waals surface area contributed by atoms with E-state index in [2.05, 4.69) is 19.9 Å². The molecule has 0 amide bonds. The minimum absolute atomic E-state index is 0.301. The second-order valence-corrected chi connectivity index (χ2v) is 5.32. The Morgan fingerprint density at radius 3 is 2.88 bits per heavy atom. The van der Waals surface area contributed by atoms with Gasteiger partial charge in [-0.15, -0.1) is 0 Å². The van der Waals surface area contributed by atoms with E-state index in [1.165, 1.54) is 22.9 Å². The van der Waals surface area contributed by atoms with Crippen LogP contribution < -0.4 is 5.69 Å². The Bertz CT molecular complexity index is 1070. The Morgan fingerprint density at radius 2 is 2.08 bits per heavy atom. The molecule has 0 radical (unpaired) electrons. The first kappa shape index (κ1) is 14.3. The van der Waals surface area contributed by atoms with Crippen molar-refractivity contribution >= 4 is 11.3 Å². The summed E-state index contributed by atoms with van der Waals surface area (Å²) >= 11 is 0. The molecule has 7 heteroatoms. The molecule has 0 atom stereocenters. The zero-order chi connectivity index (χ0) is 16.5. The van der Waals surface area contributed by atoms with Crippen molar-refractivity contribution < 1.29 is 4.39 Å². The number of aromatic nitrogens is 5.